The van der Waals surface area contributed by atoms with E-state index in [1.54, 1.807) is 6.20 Å². The summed E-state index contributed by atoms with van der Waals surface area (Å²) in [6.07, 6.45) is 2.27. The number of hydrogen-bond acceptors (Lipinski definition) is 5. The molecule has 1 aromatic heterocycles. The smallest absolute Gasteiger partial charge is 0.241 e. The maximum atomic E-state index is 12.3. The molecule has 1 atom stereocenters. The molecule has 0 bridgehead atoms. The number of benzene rings is 1. The topological polar surface area (TPSA) is 82.9 Å². The minimum atomic E-state index is -3.62. The predicted octanol–water partition coefficient (Wildman–Crippen LogP) is 2.44. The van der Waals surface area contributed by atoms with Crippen LogP contribution in [-0.4, -0.2) is 13.4 Å². The SMILES string of the molecule is CCC(NS(=O)(=O)c1ccc(C#N)cc1)c1nccs1. The number of nitrogens with zero attached hydrogens (tertiary/aromatic N) is 2. The number of nitrogens with one attached hydrogen (secondary N) is 1. The van der Waals surface area contributed by atoms with Gasteiger partial charge in [-0.2, -0.15) is 5.26 Å². The van der Waals surface area contributed by atoms with Gasteiger partial charge in [0, 0.05) is 11.6 Å². The van der Waals surface area contributed by atoms with Gasteiger partial charge in [-0.3, -0.25) is 0 Å². The van der Waals surface area contributed by atoms with Gasteiger partial charge in [-0.25, -0.2) is 18.1 Å². The maximum Gasteiger partial charge on any atom is 0.241 e. The van der Waals surface area contributed by atoms with Gasteiger partial charge in [0.2, 0.25) is 10.0 Å². The molecule has 0 aliphatic carbocycles. The molecule has 1 N–H and O–H groups in total. The summed E-state index contributed by atoms with van der Waals surface area (Å²) in [7, 11) is -3.62. The number of sulfonamides is 1. The highest BCUT2D eigenvalue weighted by atomic mass is 32.2. The van der Waals surface area contributed by atoms with Gasteiger partial charge in [0.15, 0.2) is 0 Å². The van der Waals surface area contributed by atoms with E-state index in [1.807, 2.05) is 18.4 Å². The first kappa shape index (κ1) is 14.7. The second-order valence-electron chi connectivity index (χ2n) is 4.09. The molecular weight excluding hydrogens is 294 g/mol. The molecule has 1 heterocycles. The molecule has 104 valence electrons. The summed E-state index contributed by atoms with van der Waals surface area (Å²) in [6, 6.07) is 7.44. The number of aromatic nitrogens is 1. The molecule has 1 aromatic carbocycles. The van der Waals surface area contributed by atoms with E-state index in [4.69, 9.17) is 5.26 Å². The summed E-state index contributed by atoms with van der Waals surface area (Å²) < 4.78 is 27.2. The largest absolute Gasteiger partial charge is 0.248 e. The fourth-order valence-electron chi connectivity index (χ4n) is 1.68. The molecule has 0 saturated carbocycles. The number of nitriles is 1. The molecule has 7 heteroatoms. The van der Waals surface area contributed by atoms with Crippen LogP contribution in [0.1, 0.15) is 30.0 Å². The number of thiazole rings is 1. The Kier molecular flexibility index (Phi) is 4.49. The molecule has 0 aliphatic rings. The Morgan fingerprint density at radius 2 is 2.10 bits per heavy atom. The fourth-order valence-corrected chi connectivity index (χ4v) is 3.81. The van der Waals surface area contributed by atoms with E-state index in [9.17, 15) is 8.42 Å². The normalized spacial score (nSPS) is 12.8. The van der Waals surface area contributed by atoms with Crippen LogP contribution in [0.15, 0.2) is 40.7 Å². The standard InChI is InChI=1S/C13H13N3O2S2/c1-2-12(13-15-7-8-19-13)16-20(17,18)11-5-3-10(9-14)4-6-11/h3-8,12,16H,2H2,1H3. The van der Waals surface area contributed by atoms with E-state index in [-0.39, 0.29) is 10.9 Å². The van der Waals surface area contributed by atoms with Crippen LogP contribution < -0.4 is 4.72 Å². The van der Waals surface area contributed by atoms with Crippen molar-refractivity contribution in [3.05, 3.63) is 46.4 Å². The van der Waals surface area contributed by atoms with E-state index in [0.29, 0.717) is 12.0 Å². The highest BCUT2D eigenvalue weighted by molar-refractivity contribution is 7.89. The van der Waals surface area contributed by atoms with Crippen LogP contribution in [0.2, 0.25) is 0 Å². The molecule has 20 heavy (non-hydrogen) atoms. The molecule has 0 amide bonds. The van der Waals surface area contributed by atoms with Crippen molar-refractivity contribution in [3.8, 4) is 6.07 Å². The number of hydrogen-bond donors (Lipinski definition) is 1. The highest BCUT2D eigenvalue weighted by Crippen LogP contribution is 2.22. The Balaban J connectivity index is 2.24. The summed E-state index contributed by atoms with van der Waals surface area (Å²) in [5.41, 5.74) is 0.427. The quantitative estimate of drug-likeness (QED) is 0.919. The molecule has 2 aromatic rings. The van der Waals surface area contributed by atoms with Crippen molar-refractivity contribution in [2.75, 3.05) is 0 Å². The van der Waals surface area contributed by atoms with Crippen molar-refractivity contribution in [1.82, 2.24) is 9.71 Å². The Morgan fingerprint density at radius 3 is 2.60 bits per heavy atom. The van der Waals surface area contributed by atoms with Crippen LogP contribution in [0.5, 0.6) is 0 Å². The van der Waals surface area contributed by atoms with Crippen LogP contribution in [0, 0.1) is 11.3 Å². The Bertz CT molecular complexity index is 701. The van der Waals surface area contributed by atoms with E-state index in [1.165, 1.54) is 35.6 Å². The average Bonchev–Trinajstić information content (AvgIpc) is 2.99. The highest BCUT2D eigenvalue weighted by Gasteiger charge is 2.21. The van der Waals surface area contributed by atoms with Crippen molar-refractivity contribution in [1.29, 1.82) is 5.26 Å². The molecule has 1 unspecified atom stereocenters. The van der Waals surface area contributed by atoms with Gasteiger partial charge in [0.05, 0.1) is 22.6 Å². The third-order valence-corrected chi connectivity index (χ3v) is 5.13. The average molecular weight is 307 g/mol. The van der Waals surface area contributed by atoms with Gasteiger partial charge in [-0.05, 0) is 30.7 Å². The van der Waals surface area contributed by atoms with Gasteiger partial charge in [0.25, 0.3) is 0 Å². The molecule has 5 nitrogen and oxygen atoms in total. The molecular formula is C13H13N3O2S2. The van der Waals surface area contributed by atoms with Gasteiger partial charge in [-0.15, -0.1) is 11.3 Å². The first-order valence-electron chi connectivity index (χ1n) is 5.98. The van der Waals surface area contributed by atoms with Crippen molar-refractivity contribution in [3.63, 3.8) is 0 Å². The van der Waals surface area contributed by atoms with Gasteiger partial charge in [0.1, 0.15) is 5.01 Å². The number of rotatable bonds is 5. The summed E-state index contributed by atoms with van der Waals surface area (Å²) >= 11 is 1.42. The fraction of sp³-hybridized carbons (Fsp3) is 0.231. The summed E-state index contributed by atoms with van der Waals surface area (Å²) in [5, 5.41) is 11.3. The van der Waals surface area contributed by atoms with Crippen LogP contribution in [-0.2, 0) is 10.0 Å². The summed E-state index contributed by atoms with van der Waals surface area (Å²) in [4.78, 5) is 4.29. The lowest BCUT2D eigenvalue weighted by Gasteiger charge is -2.14. The third kappa shape index (κ3) is 3.22. The molecule has 0 fully saturated rings. The Morgan fingerprint density at radius 1 is 1.40 bits per heavy atom. The van der Waals surface area contributed by atoms with Crippen LogP contribution in [0.4, 0.5) is 0 Å². The lowest BCUT2D eigenvalue weighted by atomic mass is 10.2. The monoisotopic (exact) mass is 307 g/mol. The van der Waals surface area contributed by atoms with E-state index < -0.39 is 10.0 Å². The first-order valence-corrected chi connectivity index (χ1v) is 8.35. The second kappa shape index (κ2) is 6.13. The molecule has 0 spiro atoms. The van der Waals surface area contributed by atoms with Crippen LogP contribution in [0.3, 0.4) is 0 Å². The zero-order chi connectivity index (χ0) is 14.6. The van der Waals surface area contributed by atoms with Crippen LogP contribution in [0.25, 0.3) is 0 Å². The Labute approximate surface area is 122 Å². The van der Waals surface area contributed by atoms with Gasteiger partial charge in [-0.1, -0.05) is 6.92 Å². The van der Waals surface area contributed by atoms with Crippen molar-refractivity contribution >= 4 is 21.4 Å². The third-order valence-electron chi connectivity index (χ3n) is 2.75. The maximum absolute atomic E-state index is 12.3. The lowest BCUT2D eigenvalue weighted by Crippen LogP contribution is -2.28. The molecule has 0 radical (unpaired) electrons. The van der Waals surface area contributed by atoms with Gasteiger partial charge < -0.3 is 0 Å². The lowest BCUT2D eigenvalue weighted by molar-refractivity contribution is 0.549. The first-order chi connectivity index (χ1) is 9.56. The van der Waals surface area contributed by atoms with Crippen molar-refractivity contribution in [2.45, 2.75) is 24.3 Å². The van der Waals surface area contributed by atoms with Crippen molar-refractivity contribution < 1.29 is 8.42 Å². The van der Waals surface area contributed by atoms with Crippen LogP contribution >= 0.6 is 11.3 Å². The van der Waals surface area contributed by atoms with Crippen molar-refractivity contribution in [2.24, 2.45) is 0 Å². The summed E-state index contributed by atoms with van der Waals surface area (Å²) in [6.45, 7) is 1.90. The van der Waals surface area contributed by atoms with E-state index >= 15 is 0 Å². The summed E-state index contributed by atoms with van der Waals surface area (Å²) in [5.74, 6) is 0. The predicted molar refractivity (Wildman–Crippen MR) is 76.6 cm³/mol. The minimum absolute atomic E-state index is 0.145. The zero-order valence-corrected chi connectivity index (χ0v) is 12.4. The molecule has 2 rings (SSSR count). The minimum Gasteiger partial charge on any atom is -0.248 e. The zero-order valence-electron chi connectivity index (χ0n) is 10.8. The Hall–Kier alpha value is -1.75. The van der Waals surface area contributed by atoms with Gasteiger partial charge >= 0.3 is 0 Å². The molecule has 0 aliphatic heterocycles. The molecule has 0 saturated heterocycles. The van der Waals surface area contributed by atoms with E-state index in [2.05, 4.69) is 9.71 Å². The second-order valence-corrected chi connectivity index (χ2v) is 6.73. The van der Waals surface area contributed by atoms with E-state index in [0.717, 1.165) is 5.01 Å².